The Morgan fingerprint density at radius 2 is 2.17 bits per heavy atom. The fourth-order valence-corrected chi connectivity index (χ4v) is 2.19. The van der Waals surface area contributed by atoms with Gasteiger partial charge >= 0.3 is 6.01 Å². The topological polar surface area (TPSA) is 82.2 Å². The lowest BCUT2D eigenvalue weighted by atomic mass is 10.2. The van der Waals surface area contributed by atoms with Crippen LogP contribution in [0.15, 0.2) is 47.1 Å². The van der Waals surface area contributed by atoms with Gasteiger partial charge in [-0.15, -0.1) is 5.10 Å². The molecule has 0 aliphatic carbocycles. The van der Waals surface area contributed by atoms with Crippen molar-refractivity contribution >= 4 is 11.6 Å². The van der Waals surface area contributed by atoms with E-state index >= 15 is 0 Å². The van der Waals surface area contributed by atoms with Crippen LogP contribution in [0.1, 0.15) is 20.3 Å². The SMILES string of the molecule is CCOc1nc(-c2ccco2)n(-c2cccc(NC(=O)CC)c2)n1. The third-order valence-electron chi connectivity index (χ3n) is 3.30. The number of furan rings is 1. The maximum atomic E-state index is 11.6. The lowest BCUT2D eigenvalue weighted by Gasteiger charge is -2.07. The van der Waals surface area contributed by atoms with E-state index in [2.05, 4.69) is 15.4 Å². The van der Waals surface area contributed by atoms with Gasteiger partial charge in [-0.3, -0.25) is 4.79 Å². The van der Waals surface area contributed by atoms with Gasteiger partial charge in [0, 0.05) is 12.1 Å². The van der Waals surface area contributed by atoms with Gasteiger partial charge in [0.1, 0.15) is 0 Å². The number of carbonyl (C=O) groups is 1. The zero-order valence-electron chi connectivity index (χ0n) is 13.5. The van der Waals surface area contributed by atoms with E-state index in [4.69, 9.17) is 9.15 Å². The Bertz CT molecular complexity index is 824. The molecular weight excluding hydrogens is 308 g/mol. The molecule has 0 saturated carbocycles. The van der Waals surface area contributed by atoms with Gasteiger partial charge in [0.25, 0.3) is 0 Å². The maximum absolute atomic E-state index is 11.6. The maximum Gasteiger partial charge on any atom is 0.336 e. The average molecular weight is 326 g/mol. The molecule has 1 amide bonds. The first-order valence-corrected chi connectivity index (χ1v) is 7.75. The molecule has 0 bridgehead atoms. The predicted octanol–water partition coefficient (Wildman–Crippen LogP) is 3.27. The molecular formula is C17H18N4O3. The summed E-state index contributed by atoms with van der Waals surface area (Å²) < 4.78 is 12.5. The molecule has 0 unspecified atom stereocenters. The summed E-state index contributed by atoms with van der Waals surface area (Å²) in [6.07, 6.45) is 1.99. The molecule has 0 aliphatic rings. The summed E-state index contributed by atoms with van der Waals surface area (Å²) in [6.45, 7) is 4.14. The number of carbonyl (C=O) groups excluding carboxylic acids is 1. The van der Waals surface area contributed by atoms with Crippen LogP contribution in [0.3, 0.4) is 0 Å². The number of rotatable bonds is 6. The average Bonchev–Trinajstić information content (AvgIpc) is 3.24. The smallest absolute Gasteiger partial charge is 0.336 e. The van der Waals surface area contributed by atoms with Crippen molar-refractivity contribution in [2.75, 3.05) is 11.9 Å². The molecule has 1 aromatic carbocycles. The molecule has 0 radical (unpaired) electrons. The quantitative estimate of drug-likeness (QED) is 0.751. The van der Waals surface area contributed by atoms with Crippen LogP contribution < -0.4 is 10.1 Å². The molecule has 24 heavy (non-hydrogen) atoms. The van der Waals surface area contributed by atoms with Crippen LogP contribution in [0.4, 0.5) is 5.69 Å². The molecule has 0 aliphatic heterocycles. The monoisotopic (exact) mass is 326 g/mol. The van der Waals surface area contributed by atoms with Gasteiger partial charge in [0.15, 0.2) is 5.76 Å². The molecule has 7 nitrogen and oxygen atoms in total. The third-order valence-corrected chi connectivity index (χ3v) is 3.30. The first-order valence-electron chi connectivity index (χ1n) is 7.75. The third kappa shape index (κ3) is 3.29. The summed E-state index contributed by atoms with van der Waals surface area (Å²) in [5.41, 5.74) is 1.44. The summed E-state index contributed by atoms with van der Waals surface area (Å²) in [7, 11) is 0. The van der Waals surface area contributed by atoms with Gasteiger partial charge in [0.05, 0.1) is 18.6 Å². The van der Waals surface area contributed by atoms with Crippen LogP contribution in [-0.2, 0) is 4.79 Å². The van der Waals surface area contributed by atoms with E-state index in [-0.39, 0.29) is 11.9 Å². The van der Waals surface area contributed by atoms with Crippen LogP contribution in [0.2, 0.25) is 0 Å². The van der Waals surface area contributed by atoms with Crippen molar-refractivity contribution < 1.29 is 13.9 Å². The number of nitrogens with zero attached hydrogens (tertiary/aromatic N) is 3. The minimum Gasteiger partial charge on any atom is -0.463 e. The second-order valence-corrected chi connectivity index (χ2v) is 4.99. The molecule has 0 spiro atoms. The Kier molecular flexibility index (Phi) is 4.60. The van der Waals surface area contributed by atoms with Gasteiger partial charge in [0.2, 0.25) is 11.7 Å². The van der Waals surface area contributed by atoms with E-state index in [9.17, 15) is 4.79 Å². The first-order chi connectivity index (χ1) is 11.7. The van der Waals surface area contributed by atoms with Gasteiger partial charge in [-0.2, -0.15) is 4.98 Å². The highest BCUT2D eigenvalue weighted by Crippen LogP contribution is 2.25. The van der Waals surface area contributed by atoms with Gasteiger partial charge in [-0.05, 0) is 37.3 Å². The molecule has 124 valence electrons. The number of aromatic nitrogens is 3. The number of nitrogens with one attached hydrogen (secondary N) is 1. The van der Waals surface area contributed by atoms with E-state index in [0.717, 1.165) is 5.69 Å². The standard InChI is InChI=1S/C17H18N4O3/c1-3-15(22)18-12-7-5-8-13(11-12)21-16(14-9-6-10-24-14)19-17(20-21)23-4-2/h5-11H,3-4H2,1-2H3,(H,18,22). The summed E-state index contributed by atoms with van der Waals surface area (Å²) in [4.78, 5) is 16.0. The van der Waals surface area contributed by atoms with Gasteiger partial charge in [-0.1, -0.05) is 13.0 Å². The highest BCUT2D eigenvalue weighted by Gasteiger charge is 2.17. The van der Waals surface area contributed by atoms with E-state index in [1.807, 2.05) is 31.2 Å². The number of anilines is 1. The molecule has 7 heteroatoms. The fourth-order valence-electron chi connectivity index (χ4n) is 2.19. The van der Waals surface area contributed by atoms with Crippen LogP contribution in [-0.4, -0.2) is 27.3 Å². The lowest BCUT2D eigenvalue weighted by molar-refractivity contribution is -0.115. The number of amides is 1. The second kappa shape index (κ2) is 6.99. The Morgan fingerprint density at radius 1 is 1.29 bits per heavy atom. The highest BCUT2D eigenvalue weighted by molar-refractivity contribution is 5.90. The van der Waals surface area contributed by atoms with Gasteiger partial charge < -0.3 is 14.5 Å². The predicted molar refractivity (Wildman–Crippen MR) is 89.2 cm³/mol. The number of hydrogen-bond acceptors (Lipinski definition) is 5. The molecule has 3 rings (SSSR count). The zero-order valence-corrected chi connectivity index (χ0v) is 13.5. The molecule has 3 aromatic rings. The van der Waals surface area contributed by atoms with Crippen LogP contribution in [0, 0.1) is 0 Å². The lowest BCUT2D eigenvalue weighted by Crippen LogP contribution is -2.10. The number of hydrogen-bond donors (Lipinski definition) is 1. The Hall–Kier alpha value is -3.09. The van der Waals surface area contributed by atoms with Crippen molar-refractivity contribution in [3.63, 3.8) is 0 Å². The Labute approximate surface area is 139 Å². The van der Waals surface area contributed by atoms with E-state index in [1.165, 1.54) is 0 Å². The minimum atomic E-state index is -0.0491. The van der Waals surface area contributed by atoms with Crippen LogP contribution in [0.5, 0.6) is 6.01 Å². The summed E-state index contributed by atoms with van der Waals surface area (Å²) in [5, 5.41) is 7.21. The summed E-state index contributed by atoms with van der Waals surface area (Å²) >= 11 is 0. The highest BCUT2D eigenvalue weighted by atomic mass is 16.5. The van der Waals surface area contributed by atoms with E-state index in [1.54, 1.807) is 30.0 Å². The normalized spacial score (nSPS) is 10.6. The molecule has 0 fully saturated rings. The van der Waals surface area contributed by atoms with E-state index < -0.39 is 0 Å². The van der Waals surface area contributed by atoms with Crippen molar-refractivity contribution in [3.8, 4) is 23.3 Å². The van der Waals surface area contributed by atoms with Crippen LogP contribution >= 0.6 is 0 Å². The molecule has 2 heterocycles. The zero-order chi connectivity index (χ0) is 16.9. The minimum absolute atomic E-state index is 0.0491. The second-order valence-electron chi connectivity index (χ2n) is 4.99. The van der Waals surface area contributed by atoms with Gasteiger partial charge in [-0.25, -0.2) is 4.68 Å². The van der Waals surface area contributed by atoms with Crippen molar-refractivity contribution in [1.29, 1.82) is 0 Å². The summed E-state index contributed by atoms with van der Waals surface area (Å²) in [5.74, 6) is 1.06. The Balaban J connectivity index is 2.02. The van der Waals surface area contributed by atoms with Crippen molar-refractivity contribution in [2.24, 2.45) is 0 Å². The van der Waals surface area contributed by atoms with E-state index in [0.29, 0.717) is 30.3 Å². The number of benzene rings is 1. The molecule has 0 atom stereocenters. The number of ether oxygens (including phenoxy) is 1. The first kappa shape index (κ1) is 15.8. The van der Waals surface area contributed by atoms with Crippen LogP contribution in [0.25, 0.3) is 17.3 Å². The van der Waals surface area contributed by atoms with Crippen molar-refractivity contribution in [2.45, 2.75) is 20.3 Å². The Morgan fingerprint density at radius 3 is 2.88 bits per heavy atom. The fraction of sp³-hybridized carbons (Fsp3) is 0.235. The molecule has 2 aromatic heterocycles. The molecule has 1 N–H and O–H groups in total. The molecule has 0 saturated heterocycles. The van der Waals surface area contributed by atoms with Crippen molar-refractivity contribution in [1.82, 2.24) is 14.8 Å². The summed E-state index contributed by atoms with van der Waals surface area (Å²) in [6, 6.07) is 11.2. The van der Waals surface area contributed by atoms with Crippen molar-refractivity contribution in [3.05, 3.63) is 42.7 Å². The largest absolute Gasteiger partial charge is 0.463 e.